The molecule has 268 valence electrons. The number of nitrogens with zero attached hydrogens (tertiary/aromatic N) is 3. The van der Waals surface area contributed by atoms with Gasteiger partial charge in [-0.1, -0.05) is 65.7 Å². The van der Waals surface area contributed by atoms with E-state index in [4.69, 9.17) is 25.8 Å². The fourth-order valence-electron chi connectivity index (χ4n) is 5.98. The van der Waals surface area contributed by atoms with Crippen molar-refractivity contribution in [2.24, 2.45) is 0 Å². The Labute approximate surface area is 311 Å². The SMILES string of the molecule is COc1ccc(NCCc2ccc(CN3CCN(C(=O)/C=C/c4cc(C)c(Oc5ccc(OCc6ccc(C)cc6)cn5)c(Cl)c4)CC3)cc2)cc1. The van der Waals surface area contributed by atoms with E-state index in [9.17, 15) is 4.79 Å². The summed E-state index contributed by atoms with van der Waals surface area (Å²) in [4.78, 5) is 21.8. The lowest BCUT2D eigenvalue weighted by Crippen LogP contribution is -2.47. The molecule has 0 unspecified atom stereocenters. The molecule has 4 aromatic carbocycles. The average molecular weight is 717 g/mol. The third-order valence-electron chi connectivity index (χ3n) is 9.06. The normalized spacial score (nSPS) is 13.3. The molecule has 1 fully saturated rings. The van der Waals surface area contributed by atoms with Crippen LogP contribution < -0.4 is 19.5 Å². The van der Waals surface area contributed by atoms with Gasteiger partial charge < -0.3 is 24.4 Å². The minimum absolute atomic E-state index is 0.00441. The Bertz CT molecular complexity index is 1920. The highest BCUT2D eigenvalue weighted by Gasteiger charge is 2.20. The number of hydrogen-bond acceptors (Lipinski definition) is 7. The van der Waals surface area contributed by atoms with Crippen LogP contribution in [0.25, 0.3) is 6.08 Å². The van der Waals surface area contributed by atoms with E-state index in [1.165, 1.54) is 16.7 Å². The largest absolute Gasteiger partial charge is 0.497 e. The van der Waals surface area contributed by atoms with Crippen molar-refractivity contribution in [1.29, 1.82) is 0 Å². The Morgan fingerprint density at radius 2 is 1.54 bits per heavy atom. The second-order valence-corrected chi connectivity index (χ2v) is 13.4. The molecule has 2 heterocycles. The summed E-state index contributed by atoms with van der Waals surface area (Å²) in [6, 6.07) is 32.4. The van der Waals surface area contributed by atoms with Crippen LogP contribution in [0.2, 0.25) is 5.02 Å². The molecule has 52 heavy (non-hydrogen) atoms. The van der Waals surface area contributed by atoms with E-state index in [2.05, 4.69) is 70.7 Å². The number of piperazine rings is 1. The van der Waals surface area contributed by atoms with E-state index in [1.54, 1.807) is 31.5 Å². The van der Waals surface area contributed by atoms with E-state index >= 15 is 0 Å². The number of amides is 1. The lowest BCUT2D eigenvalue weighted by Gasteiger charge is -2.34. The summed E-state index contributed by atoms with van der Waals surface area (Å²) in [5.41, 5.74) is 7.63. The van der Waals surface area contributed by atoms with Crippen molar-refractivity contribution in [3.05, 3.63) is 148 Å². The molecule has 1 aliphatic heterocycles. The molecule has 5 aromatic rings. The van der Waals surface area contributed by atoms with Gasteiger partial charge in [0.2, 0.25) is 11.8 Å². The minimum Gasteiger partial charge on any atom is -0.497 e. The van der Waals surface area contributed by atoms with E-state index in [-0.39, 0.29) is 5.91 Å². The monoisotopic (exact) mass is 716 g/mol. The Hall–Kier alpha value is -5.31. The summed E-state index contributed by atoms with van der Waals surface area (Å²) in [6.07, 6.45) is 6.02. The third-order valence-corrected chi connectivity index (χ3v) is 9.34. The van der Waals surface area contributed by atoms with Crippen LogP contribution in [0.4, 0.5) is 5.69 Å². The highest BCUT2D eigenvalue weighted by atomic mass is 35.5. The first kappa shape index (κ1) is 36.5. The van der Waals surface area contributed by atoms with Gasteiger partial charge in [0.25, 0.3) is 0 Å². The van der Waals surface area contributed by atoms with Crippen LogP contribution in [0, 0.1) is 13.8 Å². The van der Waals surface area contributed by atoms with Crippen LogP contribution in [-0.2, 0) is 24.4 Å². The Kier molecular flexibility index (Phi) is 12.5. The summed E-state index contributed by atoms with van der Waals surface area (Å²) in [6.45, 7) is 9.22. The van der Waals surface area contributed by atoms with E-state index in [1.807, 2.05) is 54.3 Å². The highest BCUT2D eigenvalue weighted by Crippen LogP contribution is 2.34. The lowest BCUT2D eigenvalue weighted by atomic mass is 10.1. The van der Waals surface area contributed by atoms with Crippen LogP contribution in [0.5, 0.6) is 23.1 Å². The van der Waals surface area contributed by atoms with Gasteiger partial charge in [0.1, 0.15) is 18.1 Å². The number of methoxy groups -OCH3 is 1. The number of carbonyl (C=O) groups is 1. The maximum absolute atomic E-state index is 13.1. The van der Waals surface area contributed by atoms with Crippen LogP contribution >= 0.6 is 11.6 Å². The first-order chi connectivity index (χ1) is 25.3. The number of carbonyl (C=O) groups excluding carboxylic acids is 1. The Morgan fingerprint density at radius 1 is 0.846 bits per heavy atom. The maximum Gasteiger partial charge on any atom is 0.246 e. The van der Waals surface area contributed by atoms with Gasteiger partial charge in [0, 0.05) is 57.1 Å². The van der Waals surface area contributed by atoms with Crippen molar-refractivity contribution >= 4 is 29.3 Å². The van der Waals surface area contributed by atoms with E-state index in [0.29, 0.717) is 42.1 Å². The van der Waals surface area contributed by atoms with Crippen LogP contribution in [0.1, 0.15) is 33.4 Å². The summed E-state index contributed by atoms with van der Waals surface area (Å²) >= 11 is 6.64. The predicted octanol–water partition coefficient (Wildman–Crippen LogP) is 8.74. The molecule has 0 radical (unpaired) electrons. The molecule has 0 atom stereocenters. The number of pyridine rings is 1. The summed E-state index contributed by atoms with van der Waals surface area (Å²) in [5.74, 6) is 2.44. The minimum atomic E-state index is -0.00441. The van der Waals surface area contributed by atoms with Crippen molar-refractivity contribution < 1.29 is 19.0 Å². The third kappa shape index (κ3) is 10.4. The molecule has 1 aromatic heterocycles. The summed E-state index contributed by atoms with van der Waals surface area (Å²) in [7, 11) is 1.67. The second-order valence-electron chi connectivity index (χ2n) is 13.0. The van der Waals surface area contributed by atoms with Crippen LogP contribution in [0.3, 0.4) is 0 Å². The van der Waals surface area contributed by atoms with Gasteiger partial charge in [-0.05, 0) is 96.6 Å². The average Bonchev–Trinajstić information content (AvgIpc) is 3.17. The fraction of sp³-hybridized carbons (Fsp3) is 0.256. The summed E-state index contributed by atoms with van der Waals surface area (Å²) in [5, 5.41) is 3.91. The number of hydrogen-bond donors (Lipinski definition) is 1. The molecule has 0 bridgehead atoms. The Morgan fingerprint density at radius 3 is 2.21 bits per heavy atom. The predicted molar refractivity (Wildman–Crippen MR) is 209 cm³/mol. The molecule has 0 aliphatic carbocycles. The first-order valence-electron chi connectivity index (χ1n) is 17.6. The van der Waals surface area contributed by atoms with Crippen molar-refractivity contribution in [3.63, 3.8) is 0 Å². The maximum atomic E-state index is 13.1. The van der Waals surface area contributed by atoms with E-state index in [0.717, 1.165) is 60.7 Å². The van der Waals surface area contributed by atoms with Crippen molar-refractivity contribution in [1.82, 2.24) is 14.8 Å². The van der Waals surface area contributed by atoms with Crippen LogP contribution in [0.15, 0.2) is 109 Å². The number of ether oxygens (including phenoxy) is 3. The molecule has 8 nitrogen and oxygen atoms in total. The molecule has 1 amide bonds. The molecular formula is C43H45ClN4O4. The molecule has 0 saturated carbocycles. The topological polar surface area (TPSA) is 76.2 Å². The number of aryl methyl sites for hydroxylation is 2. The van der Waals surface area contributed by atoms with Gasteiger partial charge in [-0.25, -0.2) is 4.98 Å². The molecule has 9 heteroatoms. The zero-order valence-electron chi connectivity index (χ0n) is 30.0. The zero-order valence-corrected chi connectivity index (χ0v) is 30.7. The van der Waals surface area contributed by atoms with E-state index < -0.39 is 0 Å². The van der Waals surface area contributed by atoms with Gasteiger partial charge >= 0.3 is 0 Å². The fourth-order valence-corrected chi connectivity index (χ4v) is 6.29. The summed E-state index contributed by atoms with van der Waals surface area (Å²) < 4.78 is 17.1. The Balaban J connectivity index is 0.926. The standard InChI is InChI=1S/C43H45ClN4O4/c1-31-4-6-35(7-5-31)30-51-39-17-18-41(46-28-39)52-43-32(2)26-36(27-40(43)44)12-19-42(49)48-24-22-47(23-25-48)29-34-10-8-33(9-11-34)20-21-45-37-13-15-38(50-3)16-14-37/h4-19,26-28,45H,20-25,29-30H2,1-3H3/b19-12+. The smallest absolute Gasteiger partial charge is 0.246 e. The van der Waals surface area contributed by atoms with Gasteiger partial charge in [0.05, 0.1) is 18.3 Å². The molecule has 0 spiro atoms. The molecular weight excluding hydrogens is 672 g/mol. The quantitative estimate of drug-likeness (QED) is 0.115. The number of nitrogens with one attached hydrogen (secondary N) is 1. The molecule has 1 N–H and O–H groups in total. The second kappa shape index (κ2) is 17.8. The van der Waals surface area contributed by atoms with Gasteiger partial charge in [0.15, 0.2) is 5.75 Å². The van der Waals surface area contributed by atoms with Gasteiger partial charge in [-0.2, -0.15) is 0 Å². The molecule has 6 rings (SSSR count). The van der Waals surface area contributed by atoms with Gasteiger partial charge in [-0.15, -0.1) is 0 Å². The van der Waals surface area contributed by atoms with Crippen molar-refractivity contribution in [2.75, 3.05) is 45.2 Å². The van der Waals surface area contributed by atoms with Crippen LogP contribution in [-0.4, -0.2) is 60.5 Å². The zero-order chi connectivity index (χ0) is 36.3. The van der Waals surface area contributed by atoms with Gasteiger partial charge in [-0.3, -0.25) is 9.69 Å². The molecule has 1 aliphatic rings. The first-order valence-corrected chi connectivity index (χ1v) is 18.0. The number of aromatic nitrogens is 1. The highest BCUT2D eigenvalue weighted by molar-refractivity contribution is 6.32. The number of anilines is 1. The lowest BCUT2D eigenvalue weighted by molar-refractivity contribution is -0.127. The van der Waals surface area contributed by atoms with Crippen molar-refractivity contribution in [2.45, 2.75) is 33.4 Å². The number of rotatable bonds is 14. The van der Waals surface area contributed by atoms with Crippen molar-refractivity contribution in [3.8, 4) is 23.1 Å². The molecule has 1 saturated heterocycles. The number of halogens is 1. The number of benzene rings is 4.